The second-order valence-electron chi connectivity index (χ2n) is 3.61. The Bertz CT molecular complexity index is 370. The molecule has 0 fully saturated rings. The standard InChI is InChI=1S/C9H13N3O3/c1-5(2)3-7(13)11-8-6(9(14)15)4-10-12-8/h4-5H,3H2,1-2H3,(H,14,15)(H2,10,11,12,13). The zero-order valence-corrected chi connectivity index (χ0v) is 8.57. The second-order valence-corrected chi connectivity index (χ2v) is 3.61. The average Bonchev–Trinajstić information content (AvgIpc) is 2.50. The topological polar surface area (TPSA) is 95.1 Å². The predicted octanol–water partition coefficient (Wildman–Crippen LogP) is 1.09. The van der Waals surface area contributed by atoms with E-state index in [1.165, 1.54) is 0 Å². The fraction of sp³-hybridized carbons (Fsp3) is 0.444. The zero-order chi connectivity index (χ0) is 11.4. The molecule has 0 unspecified atom stereocenters. The van der Waals surface area contributed by atoms with Gasteiger partial charge in [-0.3, -0.25) is 9.89 Å². The molecule has 0 bridgehead atoms. The Balaban J connectivity index is 2.68. The number of aromatic carboxylic acids is 1. The van der Waals surface area contributed by atoms with Gasteiger partial charge < -0.3 is 10.4 Å². The number of aromatic amines is 1. The van der Waals surface area contributed by atoms with Crippen LogP contribution >= 0.6 is 0 Å². The van der Waals surface area contributed by atoms with Crippen molar-refractivity contribution in [3.63, 3.8) is 0 Å². The van der Waals surface area contributed by atoms with Crippen molar-refractivity contribution < 1.29 is 14.7 Å². The second kappa shape index (κ2) is 4.59. The van der Waals surface area contributed by atoms with Gasteiger partial charge in [0.1, 0.15) is 11.4 Å². The lowest BCUT2D eigenvalue weighted by molar-refractivity contribution is -0.116. The summed E-state index contributed by atoms with van der Waals surface area (Å²) in [5.74, 6) is -0.991. The van der Waals surface area contributed by atoms with Crippen LogP contribution in [-0.4, -0.2) is 27.2 Å². The number of aromatic nitrogens is 2. The lowest BCUT2D eigenvalue weighted by Gasteiger charge is -2.05. The van der Waals surface area contributed by atoms with Gasteiger partial charge in [0.25, 0.3) is 0 Å². The summed E-state index contributed by atoms with van der Waals surface area (Å²) >= 11 is 0. The van der Waals surface area contributed by atoms with E-state index in [0.717, 1.165) is 6.20 Å². The third-order valence-electron chi connectivity index (χ3n) is 1.73. The summed E-state index contributed by atoms with van der Waals surface area (Å²) in [5, 5.41) is 17.2. The SMILES string of the molecule is CC(C)CC(=O)Nc1[nH]ncc1C(=O)O. The fourth-order valence-electron chi connectivity index (χ4n) is 1.10. The van der Waals surface area contributed by atoms with Gasteiger partial charge in [-0.25, -0.2) is 4.79 Å². The smallest absolute Gasteiger partial charge is 0.341 e. The van der Waals surface area contributed by atoms with Crippen LogP contribution in [0.15, 0.2) is 6.20 Å². The molecule has 1 rings (SSSR count). The Morgan fingerprint density at radius 1 is 1.60 bits per heavy atom. The van der Waals surface area contributed by atoms with Gasteiger partial charge >= 0.3 is 5.97 Å². The van der Waals surface area contributed by atoms with Crippen LogP contribution in [0.3, 0.4) is 0 Å². The number of anilines is 1. The van der Waals surface area contributed by atoms with Crippen LogP contribution in [-0.2, 0) is 4.79 Å². The molecule has 0 aliphatic carbocycles. The number of carboxylic acid groups (broad SMARTS) is 1. The summed E-state index contributed by atoms with van der Waals surface area (Å²) in [5.41, 5.74) is -0.0351. The van der Waals surface area contributed by atoms with Crippen LogP contribution in [0.4, 0.5) is 5.82 Å². The molecule has 0 aromatic carbocycles. The van der Waals surface area contributed by atoms with E-state index in [-0.39, 0.29) is 23.2 Å². The Kier molecular flexibility index (Phi) is 3.43. The highest BCUT2D eigenvalue weighted by Gasteiger charge is 2.14. The van der Waals surface area contributed by atoms with Gasteiger partial charge in [-0.05, 0) is 5.92 Å². The quantitative estimate of drug-likeness (QED) is 0.694. The first kappa shape index (κ1) is 11.2. The molecule has 1 aromatic rings. The van der Waals surface area contributed by atoms with Crippen LogP contribution in [0.5, 0.6) is 0 Å². The molecule has 6 nitrogen and oxygen atoms in total. The first-order chi connectivity index (χ1) is 7.00. The predicted molar refractivity (Wildman–Crippen MR) is 53.6 cm³/mol. The number of amides is 1. The molecule has 82 valence electrons. The number of hydrogen-bond acceptors (Lipinski definition) is 3. The van der Waals surface area contributed by atoms with E-state index < -0.39 is 5.97 Å². The first-order valence-corrected chi connectivity index (χ1v) is 4.57. The van der Waals surface area contributed by atoms with E-state index >= 15 is 0 Å². The van der Waals surface area contributed by atoms with E-state index in [4.69, 9.17) is 5.11 Å². The summed E-state index contributed by atoms with van der Waals surface area (Å²) in [7, 11) is 0. The number of carbonyl (C=O) groups excluding carboxylic acids is 1. The molecular formula is C9H13N3O3. The average molecular weight is 211 g/mol. The van der Waals surface area contributed by atoms with Crippen molar-refractivity contribution in [1.82, 2.24) is 10.2 Å². The summed E-state index contributed by atoms with van der Waals surface area (Å²) in [6.07, 6.45) is 1.51. The number of nitrogens with one attached hydrogen (secondary N) is 2. The van der Waals surface area contributed by atoms with Gasteiger partial charge in [0, 0.05) is 6.42 Å². The lowest BCUT2D eigenvalue weighted by Crippen LogP contribution is -2.16. The highest BCUT2D eigenvalue weighted by molar-refractivity contribution is 5.99. The molecule has 1 aromatic heterocycles. The van der Waals surface area contributed by atoms with E-state index in [0.29, 0.717) is 6.42 Å². The minimum Gasteiger partial charge on any atom is -0.477 e. The first-order valence-electron chi connectivity index (χ1n) is 4.57. The van der Waals surface area contributed by atoms with Gasteiger partial charge in [0.05, 0.1) is 6.20 Å². The van der Waals surface area contributed by atoms with Gasteiger partial charge in [-0.1, -0.05) is 13.8 Å². The third kappa shape index (κ3) is 3.08. The van der Waals surface area contributed by atoms with Crippen molar-refractivity contribution in [3.05, 3.63) is 11.8 Å². The van der Waals surface area contributed by atoms with Crippen molar-refractivity contribution in [1.29, 1.82) is 0 Å². The molecule has 0 radical (unpaired) electrons. The van der Waals surface area contributed by atoms with E-state index in [1.54, 1.807) is 0 Å². The zero-order valence-electron chi connectivity index (χ0n) is 8.57. The molecule has 15 heavy (non-hydrogen) atoms. The molecule has 0 aliphatic rings. The number of hydrogen-bond donors (Lipinski definition) is 3. The van der Waals surface area contributed by atoms with Crippen molar-refractivity contribution in [2.24, 2.45) is 5.92 Å². The number of nitrogens with zero attached hydrogens (tertiary/aromatic N) is 1. The van der Waals surface area contributed by atoms with Gasteiger partial charge in [0.2, 0.25) is 5.91 Å². The molecule has 6 heteroatoms. The highest BCUT2D eigenvalue weighted by atomic mass is 16.4. The Morgan fingerprint density at radius 2 is 2.27 bits per heavy atom. The van der Waals surface area contributed by atoms with Crippen molar-refractivity contribution in [2.75, 3.05) is 5.32 Å². The van der Waals surface area contributed by atoms with Crippen LogP contribution < -0.4 is 5.32 Å². The maximum absolute atomic E-state index is 11.3. The molecule has 3 N–H and O–H groups in total. The highest BCUT2D eigenvalue weighted by Crippen LogP contribution is 2.11. The number of H-pyrrole nitrogens is 1. The molecule has 0 saturated carbocycles. The summed E-state index contributed by atoms with van der Waals surface area (Å²) in [6.45, 7) is 3.81. The van der Waals surface area contributed by atoms with E-state index in [9.17, 15) is 9.59 Å². The minimum atomic E-state index is -1.12. The third-order valence-corrected chi connectivity index (χ3v) is 1.73. The largest absolute Gasteiger partial charge is 0.477 e. The molecule has 0 spiro atoms. The minimum absolute atomic E-state index is 0.0351. The van der Waals surface area contributed by atoms with Gasteiger partial charge in [-0.2, -0.15) is 5.10 Å². The van der Waals surface area contributed by atoms with Crippen molar-refractivity contribution in [2.45, 2.75) is 20.3 Å². The Hall–Kier alpha value is -1.85. The number of rotatable bonds is 4. The van der Waals surface area contributed by atoms with Crippen LogP contribution in [0.1, 0.15) is 30.6 Å². The summed E-state index contributed by atoms with van der Waals surface area (Å²) in [4.78, 5) is 22.0. The molecule has 1 heterocycles. The van der Waals surface area contributed by atoms with Gasteiger partial charge in [-0.15, -0.1) is 0 Å². The Morgan fingerprint density at radius 3 is 2.80 bits per heavy atom. The fourth-order valence-corrected chi connectivity index (χ4v) is 1.10. The maximum atomic E-state index is 11.3. The molecule has 1 amide bonds. The summed E-state index contributed by atoms with van der Waals surface area (Å²) < 4.78 is 0. The van der Waals surface area contributed by atoms with Gasteiger partial charge in [0.15, 0.2) is 0 Å². The monoisotopic (exact) mass is 211 g/mol. The number of carboxylic acids is 1. The maximum Gasteiger partial charge on any atom is 0.341 e. The molecule has 0 aliphatic heterocycles. The molecular weight excluding hydrogens is 198 g/mol. The van der Waals surface area contributed by atoms with Crippen LogP contribution in [0, 0.1) is 5.92 Å². The van der Waals surface area contributed by atoms with E-state index in [2.05, 4.69) is 15.5 Å². The van der Waals surface area contributed by atoms with Crippen LogP contribution in [0.25, 0.3) is 0 Å². The lowest BCUT2D eigenvalue weighted by atomic mass is 10.1. The number of carbonyl (C=O) groups is 2. The van der Waals surface area contributed by atoms with E-state index in [1.807, 2.05) is 13.8 Å². The normalized spacial score (nSPS) is 10.3. The van der Waals surface area contributed by atoms with Crippen LogP contribution in [0.2, 0.25) is 0 Å². The molecule has 0 saturated heterocycles. The molecule has 0 atom stereocenters. The van der Waals surface area contributed by atoms with Crippen molar-refractivity contribution >= 4 is 17.7 Å². The Labute approximate surface area is 86.7 Å². The summed E-state index contributed by atoms with van der Waals surface area (Å²) in [6, 6.07) is 0. The van der Waals surface area contributed by atoms with Crippen molar-refractivity contribution in [3.8, 4) is 0 Å².